The van der Waals surface area contributed by atoms with Gasteiger partial charge in [0.05, 0.1) is 13.2 Å². The van der Waals surface area contributed by atoms with Crippen LogP contribution in [-0.4, -0.2) is 48.3 Å². The molecule has 6 nitrogen and oxygen atoms in total. The predicted molar refractivity (Wildman–Crippen MR) is 59.6 cm³/mol. The third kappa shape index (κ3) is 5.89. The van der Waals surface area contributed by atoms with Crippen molar-refractivity contribution in [1.29, 1.82) is 0 Å². The van der Waals surface area contributed by atoms with E-state index in [1.54, 1.807) is 34.7 Å². The van der Waals surface area contributed by atoms with Crippen LogP contribution in [0, 0.1) is 0 Å². The number of aliphatic hydroxyl groups is 1. The number of rotatable bonds is 4. The highest BCUT2D eigenvalue weighted by molar-refractivity contribution is 5.68. The van der Waals surface area contributed by atoms with Crippen LogP contribution in [0.2, 0.25) is 0 Å². The lowest BCUT2D eigenvalue weighted by atomic mass is 10.2. The molecule has 16 heavy (non-hydrogen) atoms. The summed E-state index contributed by atoms with van der Waals surface area (Å²) in [4.78, 5) is 16.2. The molecule has 0 aliphatic carbocycles. The first kappa shape index (κ1) is 15.2. The van der Waals surface area contributed by atoms with Gasteiger partial charge < -0.3 is 15.2 Å². The van der Waals surface area contributed by atoms with Crippen LogP contribution in [-0.2, 0) is 9.57 Å². The molecular weight excluding hydrogens is 212 g/mol. The Bertz CT molecular complexity index is 227. The standard InChI is InChI=1S/C10H22N2O4/c1-7(8(13)12(5)15-6)11-9(14)16-10(2,3)4/h7-8,13H,1-6H3,(H,11,14). The van der Waals surface area contributed by atoms with Crippen LogP contribution < -0.4 is 5.32 Å². The van der Waals surface area contributed by atoms with Crippen molar-refractivity contribution in [3.63, 3.8) is 0 Å². The second-order valence-corrected chi connectivity index (χ2v) is 4.58. The molecule has 2 N–H and O–H groups in total. The monoisotopic (exact) mass is 234 g/mol. The lowest BCUT2D eigenvalue weighted by Gasteiger charge is -2.28. The zero-order valence-electron chi connectivity index (χ0n) is 10.8. The van der Waals surface area contributed by atoms with Crippen LogP contribution in [0.1, 0.15) is 27.7 Å². The SMILES string of the molecule is CON(C)C(O)C(C)NC(=O)OC(C)(C)C. The fraction of sp³-hybridized carbons (Fsp3) is 0.900. The summed E-state index contributed by atoms with van der Waals surface area (Å²) >= 11 is 0. The number of nitrogens with zero attached hydrogens (tertiary/aromatic N) is 1. The molecular formula is C10H22N2O4. The first-order chi connectivity index (χ1) is 7.17. The molecule has 0 aliphatic heterocycles. The molecule has 0 bridgehead atoms. The highest BCUT2D eigenvalue weighted by atomic mass is 16.7. The number of ether oxygens (including phenoxy) is 1. The summed E-state index contributed by atoms with van der Waals surface area (Å²) < 4.78 is 5.05. The van der Waals surface area contributed by atoms with Gasteiger partial charge in [-0.05, 0) is 27.7 Å². The van der Waals surface area contributed by atoms with Crippen molar-refractivity contribution < 1.29 is 19.5 Å². The van der Waals surface area contributed by atoms with Crippen LogP contribution in [0.3, 0.4) is 0 Å². The van der Waals surface area contributed by atoms with Gasteiger partial charge in [0.25, 0.3) is 0 Å². The lowest BCUT2D eigenvalue weighted by Crippen LogP contribution is -2.49. The molecule has 96 valence electrons. The lowest BCUT2D eigenvalue weighted by molar-refractivity contribution is -0.210. The van der Waals surface area contributed by atoms with E-state index in [1.807, 2.05) is 0 Å². The average molecular weight is 234 g/mol. The van der Waals surface area contributed by atoms with Gasteiger partial charge in [0.2, 0.25) is 0 Å². The van der Waals surface area contributed by atoms with Crippen LogP contribution >= 0.6 is 0 Å². The number of likely N-dealkylation sites (N-methyl/N-ethyl adjacent to an activating group) is 1. The van der Waals surface area contributed by atoms with Crippen molar-refractivity contribution in [3.05, 3.63) is 0 Å². The zero-order chi connectivity index (χ0) is 12.9. The van der Waals surface area contributed by atoms with E-state index in [-0.39, 0.29) is 0 Å². The number of hydrogen-bond donors (Lipinski definition) is 2. The van der Waals surface area contributed by atoms with Gasteiger partial charge in [0, 0.05) is 7.05 Å². The van der Waals surface area contributed by atoms with E-state index < -0.39 is 24.0 Å². The highest BCUT2D eigenvalue weighted by Gasteiger charge is 2.23. The molecule has 0 saturated carbocycles. The minimum Gasteiger partial charge on any atom is -0.444 e. The summed E-state index contributed by atoms with van der Waals surface area (Å²) in [5.41, 5.74) is -0.554. The van der Waals surface area contributed by atoms with Gasteiger partial charge in [-0.3, -0.25) is 4.84 Å². The van der Waals surface area contributed by atoms with Gasteiger partial charge in [0.15, 0.2) is 0 Å². The van der Waals surface area contributed by atoms with Gasteiger partial charge >= 0.3 is 6.09 Å². The topological polar surface area (TPSA) is 71.0 Å². The van der Waals surface area contributed by atoms with Crippen molar-refractivity contribution in [2.75, 3.05) is 14.2 Å². The van der Waals surface area contributed by atoms with E-state index in [1.165, 1.54) is 12.2 Å². The number of nitrogens with one attached hydrogen (secondary N) is 1. The first-order valence-electron chi connectivity index (χ1n) is 5.12. The summed E-state index contributed by atoms with van der Waals surface area (Å²) in [6, 6.07) is -0.500. The Labute approximate surface area is 96.5 Å². The number of carbonyl (C=O) groups excluding carboxylic acids is 1. The third-order valence-electron chi connectivity index (χ3n) is 1.85. The van der Waals surface area contributed by atoms with E-state index in [0.29, 0.717) is 0 Å². The number of alkyl carbamates (subject to hydrolysis) is 1. The Morgan fingerprint density at radius 1 is 1.44 bits per heavy atom. The van der Waals surface area contributed by atoms with Crippen molar-refractivity contribution in [1.82, 2.24) is 10.4 Å². The Hall–Kier alpha value is -0.850. The minimum absolute atomic E-state index is 0.500. The molecule has 0 radical (unpaired) electrons. The largest absolute Gasteiger partial charge is 0.444 e. The normalized spacial score (nSPS) is 15.8. The maximum atomic E-state index is 11.4. The van der Waals surface area contributed by atoms with Gasteiger partial charge in [-0.2, -0.15) is 5.06 Å². The Morgan fingerprint density at radius 3 is 2.31 bits per heavy atom. The van der Waals surface area contributed by atoms with E-state index in [4.69, 9.17) is 9.57 Å². The van der Waals surface area contributed by atoms with Crippen molar-refractivity contribution in [2.45, 2.75) is 45.6 Å². The van der Waals surface area contributed by atoms with Crippen molar-refractivity contribution in [2.24, 2.45) is 0 Å². The maximum absolute atomic E-state index is 11.4. The van der Waals surface area contributed by atoms with Crippen LogP contribution in [0.4, 0.5) is 4.79 Å². The average Bonchev–Trinajstić information content (AvgIpc) is 2.12. The second-order valence-electron chi connectivity index (χ2n) is 4.58. The minimum atomic E-state index is -0.933. The first-order valence-corrected chi connectivity index (χ1v) is 5.12. The molecule has 0 fully saturated rings. The van der Waals surface area contributed by atoms with E-state index in [2.05, 4.69) is 5.32 Å². The predicted octanol–water partition coefficient (Wildman–Crippen LogP) is 0.711. The van der Waals surface area contributed by atoms with Crippen LogP contribution in [0.25, 0.3) is 0 Å². The van der Waals surface area contributed by atoms with Crippen LogP contribution in [0.5, 0.6) is 0 Å². The van der Waals surface area contributed by atoms with Crippen molar-refractivity contribution >= 4 is 6.09 Å². The molecule has 2 atom stereocenters. The van der Waals surface area contributed by atoms with Gasteiger partial charge in [0.1, 0.15) is 11.8 Å². The number of aliphatic hydroxyl groups excluding tert-OH is 1. The highest BCUT2D eigenvalue weighted by Crippen LogP contribution is 2.07. The summed E-state index contributed by atoms with van der Waals surface area (Å²) in [6.07, 6.45) is -1.50. The molecule has 0 aromatic carbocycles. The van der Waals surface area contributed by atoms with E-state index >= 15 is 0 Å². The molecule has 1 amide bonds. The van der Waals surface area contributed by atoms with E-state index in [9.17, 15) is 9.90 Å². The molecule has 2 unspecified atom stereocenters. The smallest absolute Gasteiger partial charge is 0.408 e. The van der Waals surface area contributed by atoms with Crippen molar-refractivity contribution in [3.8, 4) is 0 Å². The quantitative estimate of drug-likeness (QED) is 0.554. The molecule has 0 spiro atoms. The van der Waals surface area contributed by atoms with Crippen LogP contribution in [0.15, 0.2) is 0 Å². The number of carbonyl (C=O) groups is 1. The maximum Gasteiger partial charge on any atom is 0.408 e. The summed E-state index contributed by atoms with van der Waals surface area (Å²) in [5, 5.41) is 13.4. The number of amides is 1. The zero-order valence-corrected chi connectivity index (χ0v) is 10.8. The molecule has 0 aromatic heterocycles. The Balaban J connectivity index is 4.14. The van der Waals surface area contributed by atoms with Gasteiger partial charge in [-0.15, -0.1) is 0 Å². The Kier molecular flexibility index (Phi) is 5.71. The summed E-state index contributed by atoms with van der Waals surface area (Å²) in [7, 11) is 3.00. The fourth-order valence-corrected chi connectivity index (χ4v) is 0.991. The van der Waals surface area contributed by atoms with Gasteiger partial charge in [-0.25, -0.2) is 4.79 Å². The third-order valence-corrected chi connectivity index (χ3v) is 1.85. The fourth-order valence-electron chi connectivity index (χ4n) is 0.991. The number of hydroxylamine groups is 2. The summed E-state index contributed by atoms with van der Waals surface area (Å²) in [6.45, 7) is 6.98. The molecule has 0 rings (SSSR count). The molecule has 0 heterocycles. The molecule has 0 aromatic rings. The summed E-state index contributed by atoms with van der Waals surface area (Å²) in [5.74, 6) is 0. The second kappa shape index (κ2) is 6.03. The number of hydrogen-bond acceptors (Lipinski definition) is 5. The molecule has 0 aliphatic rings. The Morgan fingerprint density at radius 2 is 1.94 bits per heavy atom. The van der Waals surface area contributed by atoms with E-state index in [0.717, 1.165) is 0 Å². The molecule has 6 heteroatoms. The molecule has 0 saturated heterocycles. The van der Waals surface area contributed by atoms with Gasteiger partial charge in [-0.1, -0.05) is 0 Å².